The maximum atomic E-state index is 13.5. The van der Waals surface area contributed by atoms with Crippen molar-refractivity contribution in [2.24, 2.45) is 0 Å². The number of benzene rings is 2. The van der Waals surface area contributed by atoms with Gasteiger partial charge in [-0.3, -0.25) is 9.59 Å². The average molecular weight is 333 g/mol. The van der Waals surface area contributed by atoms with E-state index in [0.29, 0.717) is 11.3 Å². The van der Waals surface area contributed by atoms with E-state index in [4.69, 9.17) is 0 Å². The normalized spacial score (nSPS) is 10.1. The van der Waals surface area contributed by atoms with E-state index in [1.54, 1.807) is 18.2 Å². The predicted molar refractivity (Wildman–Crippen MR) is 87.4 cm³/mol. The first-order valence-corrected chi connectivity index (χ1v) is 7.27. The predicted octanol–water partition coefficient (Wildman–Crippen LogP) is 2.65. The quantitative estimate of drug-likeness (QED) is 0.761. The standard InChI is InChI=1S/C17H17F2N3O2/c1-11(23)22-16-8-13(6-7-15(16)19)20-10-17(24)21-9-12-4-2-3-5-14(12)18/h2-8,20H,9-10H2,1H3,(H,21,24)(H,22,23). The summed E-state index contributed by atoms with van der Waals surface area (Å²) in [5.74, 6) is -1.69. The Morgan fingerprint density at radius 2 is 1.79 bits per heavy atom. The molecule has 0 aliphatic rings. The molecular formula is C17H17F2N3O2. The highest BCUT2D eigenvalue weighted by Gasteiger charge is 2.07. The van der Waals surface area contributed by atoms with Crippen LogP contribution in [0.15, 0.2) is 42.5 Å². The Morgan fingerprint density at radius 1 is 1.04 bits per heavy atom. The Morgan fingerprint density at radius 3 is 2.50 bits per heavy atom. The average Bonchev–Trinajstić information content (AvgIpc) is 2.54. The summed E-state index contributed by atoms with van der Waals surface area (Å²) in [6.45, 7) is 1.28. The van der Waals surface area contributed by atoms with Gasteiger partial charge in [-0.2, -0.15) is 0 Å². The van der Waals surface area contributed by atoms with Crippen molar-refractivity contribution < 1.29 is 18.4 Å². The molecule has 0 fully saturated rings. The Balaban J connectivity index is 1.87. The molecule has 0 radical (unpaired) electrons. The van der Waals surface area contributed by atoms with Gasteiger partial charge in [0.25, 0.3) is 0 Å². The SMILES string of the molecule is CC(=O)Nc1cc(NCC(=O)NCc2ccccc2F)ccc1F. The van der Waals surface area contributed by atoms with Gasteiger partial charge in [0.05, 0.1) is 12.2 Å². The fourth-order valence-electron chi connectivity index (χ4n) is 2.00. The summed E-state index contributed by atoms with van der Waals surface area (Å²) in [5.41, 5.74) is 0.890. The first-order chi connectivity index (χ1) is 11.5. The second-order valence-electron chi connectivity index (χ2n) is 5.10. The van der Waals surface area contributed by atoms with Crippen LogP contribution in [-0.4, -0.2) is 18.4 Å². The monoisotopic (exact) mass is 333 g/mol. The summed E-state index contributed by atoms with van der Waals surface area (Å²) in [4.78, 5) is 22.8. The molecule has 2 aromatic carbocycles. The Labute approximate surface area is 138 Å². The molecule has 2 amide bonds. The Bertz CT molecular complexity index is 750. The van der Waals surface area contributed by atoms with Crippen LogP contribution in [0.5, 0.6) is 0 Å². The third kappa shape index (κ3) is 5.05. The molecule has 5 nitrogen and oxygen atoms in total. The van der Waals surface area contributed by atoms with E-state index in [9.17, 15) is 18.4 Å². The van der Waals surface area contributed by atoms with E-state index in [-0.39, 0.29) is 30.5 Å². The van der Waals surface area contributed by atoms with Crippen molar-refractivity contribution in [3.8, 4) is 0 Å². The van der Waals surface area contributed by atoms with Crippen molar-refractivity contribution >= 4 is 23.2 Å². The number of rotatable bonds is 6. The number of halogens is 2. The third-order valence-corrected chi connectivity index (χ3v) is 3.16. The molecule has 0 aliphatic heterocycles. The van der Waals surface area contributed by atoms with Gasteiger partial charge in [-0.25, -0.2) is 8.78 Å². The summed E-state index contributed by atoms with van der Waals surface area (Å²) < 4.78 is 27.0. The number of hydrogen-bond donors (Lipinski definition) is 3. The highest BCUT2D eigenvalue weighted by atomic mass is 19.1. The van der Waals surface area contributed by atoms with E-state index in [1.165, 1.54) is 31.2 Å². The fourth-order valence-corrected chi connectivity index (χ4v) is 2.00. The van der Waals surface area contributed by atoms with Gasteiger partial charge in [0.15, 0.2) is 0 Å². The van der Waals surface area contributed by atoms with Crippen molar-refractivity contribution in [2.75, 3.05) is 17.2 Å². The van der Waals surface area contributed by atoms with Gasteiger partial charge in [0.2, 0.25) is 11.8 Å². The lowest BCUT2D eigenvalue weighted by atomic mass is 10.2. The van der Waals surface area contributed by atoms with Crippen molar-refractivity contribution in [1.82, 2.24) is 5.32 Å². The number of nitrogens with one attached hydrogen (secondary N) is 3. The van der Waals surface area contributed by atoms with Crippen LogP contribution >= 0.6 is 0 Å². The van der Waals surface area contributed by atoms with E-state index in [0.717, 1.165) is 0 Å². The van der Waals surface area contributed by atoms with Crippen LogP contribution < -0.4 is 16.0 Å². The molecular weight excluding hydrogens is 316 g/mol. The minimum absolute atomic E-state index is 0.0271. The van der Waals surface area contributed by atoms with Crippen molar-refractivity contribution in [3.05, 3.63) is 59.7 Å². The summed E-state index contributed by atoms with van der Waals surface area (Å²) in [6, 6.07) is 10.2. The summed E-state index contributed by atoms with van der Waals surface area (Å²) in [6.07, 6.45) is 0. The number of hydrogen-bond acceptors (Lipinski definition) is 3. The van der Waals surface area contributed by atoms with Crippen molar-refractivity contribution in [1.29, 1.82) is 0 Å². The smallest absolute Gasteiger partial charge is 0.239 e. The molecule has 24 heavy (non-hydrogen) atoms. The Kier molecular flexibility index (Phi) is 5.83. The molecule has 3 N–H and O–H groups in total. The molecule has 0 saturated heterocycles. The highest BCUT2D eigenvalue weighted by molar-refractivity contribution is 5.89. The first kappa shape index (κ1) is 17.4. The zero-order valence-corrected chi connectivity index (χ0v) is 13.0. The molecule has 2 rings (SSSR count). The van der Waals surface area contributed by atoms with Crippen LogP contribution in [0.2, 0.25) is 0 Å². The van der Waals surface area contributed by atoms with E-state index in [2.05, 4.69) is 16.0 Å². The van der Waals surface area contributed by atoms with Crippen LogP contribution in [0, 0.1) is 11.6 Å². The zero-order chi connectivity index (χ0) is 17.5. The zero-order valence-electron chi connectivity index (χ0n) is 13.0. The Hall–Kier alpha value is -2.96. The number of carbonyl (C=O) groups excluding carboxylic acids is 2. The lowest BCUT2D eigenvalue weighted by molar-refractivity contribution is -0.119. The number of amides is 2. The molecule has 0 spiro atoms. The molecule has 0 atom stereocenters. The molecule has 0 aliphatic carbocycles. The minimum Gasteiger partial charge on any atom is -0.376 e. The fraction of sp³-hybridized carbons (Fsp3) is 0.176. The largest absolute Gasteiger partial charge is 0.376 e. The van der Waals surface area contributed by atoms with Crippen LogP contribution in [-0.2, 0) is 16.1 Å². The van der Waals surface area contributed by atoms with Crippen LogP contribution in [0.4, 0.5) is 20.2 Å². The molecule has 0 heterocycles. The molecule has 7 heteroatoms. The maximum Gasteiger partial charge on any atom is 0.239 e. The van der Waals surface area contributed by atoms with Crippen LogP contribution in [0.1, 0.15) is 12.5 Å². The summed E-state index contributed by atoms with van der Waals surface area (Å²) >= 11 is 0. The lowest BCUT2D eigenvalue weighted by Crippen LogP contribution is -2.29. The third-order valence-electron chi connectivity index (χ3n) is 3.16. The van der Waals surface area contributed by atoms with E-state index < -0.39 is 11.7 Å². The van der Waals surface area contributed by atoms with E-state index >= 15 is 0 Å². The second kappa shape index (κ2) is 8.05. The van der Waals surface area contributed by atoms with E-state index in [1.807, 2.05) is 0 Å². The summed E-state index contributed by atoms with van der Waals surface area (Å²) in [7, 11) is 0. The van der Waals surface area contributed by atoms with Gasteiger partial charge >= 0.3 is 0 Å². The molecule has 0 saturated carbocycles. The molecule has 0 aromatic heterocycles. The number of anilines is 2. The van der Waals surface area contributed by atoms with Gasteiger partial charge in [-0.15, -0.1) is 0 Å². The van der Waals surface area contributed by atoms with Crippen molar-refractivity contribution in [2.45, 2.75) is 13.5 Å². The molecule has 0 bridgehead atoms. The van der Waals surface area contributed by atoms with Gasteiger partial charge in [0, 0.05) is 24.7 Å². The lowest BCUT2D eigenvalue weighted by Gasteiger charge is -2.10. The summed E-state index contributed by atoms with van der Waals surface area (Å²) in [5, 5.41) is 7.75. The first-order valence-electron chi connectivity index (χ1n) is 7.27. The number of carbonyl (C=O) groups is 2. The topological polar surface area (TPSA) is 70.2 Å². The van der Waals surface area contributed by atoms with Gasteiger partial charge in [0.1, 0.15) is 11.6 Å². The van der Waals surface area contributed by atoms with Crippen molar-refractivity contribution in [3.63, 3.8) is 0 Å². The van der Waals surface area contributed by atoms with Crippen LogP contribution in [0.25, 0.3) is 0 Å². The maximum absolute atomic E-state index is 13.5. The second-order valence-corrected chi connectivity index (χ2v) is 5.10. The van der Waals surface area contributed by atoms with Gasteiger partial charge in [-0.1, -0.05) is 18.2 Å². The minimum atomic E-state index is -0.570. The van der Waals surface area contributed by atoms with Gasteiger partial charge < -0.3 is 16.0 Å². The molecule has 126 valence electrons. The molecule has 0 unspecified atom stereocenters. The highest BCUT2D eigenvalue weighted by Crippen LogP contribution is 2.19. The van der Waals surface area contributed by atoms with Crippen LogP contribution in [0.3, 0.4) is 0 Å². The molecule has 2 aromatic rings. The van der Waals surface area contributed by atoms with Gasteiger partial charge in [-0.05, 0) is 24.3 Å².